The molecule has 0 spiro atoms. The Morgan fingerprint density at radius 2 is 1.85 bits per heavy atom. The first kappa shape index (κ1) is 14.4. The summed E-state index contributed by atoms with van der Waals surface area (Å²) in [6, 6.07) is 6.72. The number of aliphatic carboxylic acids is 1. The zero-order valence-corrected chi connectivity index (χ0v) is 11.8. The number of nitrogens with zero attached hydrogens (tertiary/aromatic N) is 1. The van der Waals surface area contributed by atoms with Gasteiger partial charge in [0.15, 0.2) is 0 Å². The Balaban J connectivity index is 2.01. The van der Waals surface area contributed by atoms with Crippen LogP contribution in [0, 0.1) is 5.92 Å². The maximum atomic E-state index is 12.2. The van der Waals surface area contributed by atoms with Gasteiger partial charge in [-0.25, -0.2) is 9.59 Å². The van der Waals surface area contributed by atoms with Gasteiger partial charge < -0.3 is 15.3 Å². The number of carboxylic acids is 1. The number of hydrogen-bond acceptors (Lipinski definition) is 2. The molecule has 5 heteroatoms. The lowest BCUT2D eigenvalue weighted by atomic mass is 9.99. The molecule has 108 valence electrons. The van der Waals surface area contributed by atoms with E-state index in [0.717, 1.165) is 11.1 Å². The highest BCUT2D eigenvalue weighted by molar-refractivity contribution is 5.83. The first-order valence-corrected chi connectivity index (χ1v) is 6.88. The molecule has 5 nitrogen and oxygen atoms in total. The van der Waals surface area contributed by atoms with E-state index in [4.69, 9.17) is 0 Å². The van der Waals surface area contributed by atoms with E-state index in [9.17, 15) is 14.7 Å². The van der Waals surface area contributed by atoms with E-state index in [1.54, 1.807) is 4.90 Å². The van der Waals surface area contributed by atoms with Crippen molar-refractivity contribution in [3.05, 3.63) is 35.4 Å². The van der Waals surface area contributed by atoms with Gasteiger partial charge in [-0.15, -0.1) is 0 Å². The highest BCUT2D eigenvalue weighted by Crippen LogP contribution is 2.22. The van der Waals surface area contributed by atoms with Crippen LogP contribution in [0.15, 0.2) is 24.3 Å². The Kier molecular flexibility index (Phi) is 4.27. The molecule has 1 aliphatic heterocycles. The molecule has 20 heavy (non-hydrogen) atoms. The number of nitrogens with one attached hydrogen (secondary N) is 1. The quantitative estimate of drug-likeness (QED) is 0.885. The van der Waals surface area contributed by atoms with Crippen molar-refractivity contribution in [2.24, 2.45) is 5.92 Å². The van der Waals surface area contributed by atoms with Gasteiger partial charge in [-0.2, -0.15) is 0 Å². The van der Waals surface area contributed by atoms with Gasteiger partial charge in [0, 0.05) is 13.1 Å². The minimum absolute atomic E-state index is 0.0959. The third kappa shape index (κ3) is 2.92. The first-order chi connectivity index (χ1) is 9.52. The molecule has 1 aromatic rings. The minimum Gasteiger partial charge on any atom is -0.480 e. The van der Waals surface area contributed by atoms with Crippen molar-refractivity contribution in [3.63, 3.8) is 0 Å². The fourth-order valence-electron chi connectivity index (χ4n) is 2.38. The predicted octanol–water partition coefficient (Wildman–Crippen LogP) is 2.21. The number of hydrogen-bond donors (Lipinski definition) is 2. The fraction of sp³-hybridized carbons (Fsp3) is 0.467. The van der Waals surface area contributed by atoms with Gasteiger partial charge in [-0.05, 0) is 17.0 Å². The number of carbonyl (C=O) groups is 2. The molecule has 0 saturated heterocycles. The first-order valence-electron chi connectivity index (χ1n) is 6.88. The Hall–Kier alpha value is -2.04. The molecule has 1 heterocycles. The van der Waals surface area contributed by atoms with Crippen molar-refractivity contribution in [3.8, 4) is 0 Å². The molecule has 0 saturated carbocycles. The average molecular weight is 276 g/mol. The summed E-state index contributed by atoms with van der Waals surface area (Å²) in [5.41, 5.74) is 2.25. The molecular formula is C15H20N2O3. The number of carbonyl (C=O) groups excluding carboxylic acids is 1. The van der Waals surface area contributed by atoms with E-state index >= 15 is 0 Å². The Morgan fingerprint density at radius 1 is 1.30 bits per heavy atom. The lowest BCUT2D eigenvalue weighted by molar-refractivity contribution is -0.140. The number of amides is 2. The second-order valence-corrected chi connectivity index (χ2v) is 5.28. The molecule has 2 N–H and O–H groups in total. The van der Waals surface area contributed by atoms with E-state index in [0.29, 0.717) is 19.5 Å². The van der Waals surface area contributed by atoms with E-state index < -0.39 is 12.0 Å². The monoisotopic (exact) mass is 276 g/mol. The molecule has 1 aliphatic rings. The molecule has 0 aromatic heterocycles. The van der Waals surface area contributed by atoms with Crippen LogP contribution in [0.2, 0.25) is 0 Å². The molecule has 0 unspecified atom stereocenters. The maximum absolute atomic E-state index is 12.2. The summed E-state index contributed by atoms with van der Waals surface area (Å²) in [6.07, 6.45) is 0.706. The van der Waals surface area contributed by atoms with Crippen molar-refractivity contribution in [2.75, 3.05) is 0 Å². The van der Waals surface area contributed by atoms with Crippen LogP contribution in [0.4, 0.5) is 4.79 Å². The summed E-state index contributed by atoms with van der Waals surface area (Å²) in [5.74, 6) is -1.08. The van der Waals surface area contributed by atoms with Gasteiger partial charge in [0.2, 0.25) is 0 Å². The molecule has 1 aromatic carbocycles. The zero-order valence-electron chi connectivity index (χ0n) is 11.8. The third-order valence-electron chi connectivity index (χ3n) is 3.89. The summed E-state index contributed by atoms with van der Waals surface area (Å²) in [7, 11) is 0. The molecule has 2 atom stereocenters. The Bertz CT molecular complexity index is 491. The van der Waals surface area contributed by atoms with Crippen LogP contribution in [0.1, 0.15) is 31.4 Å². The van der Waals surface area contributed by atoms with Gasteiger partial charge in [0.05, 0.1) is 0 Å². The highest BCUT2D eigenvalue weighted by Gasteiger charge is 2.29. The summed E-state index contributed by atoms with van der Waals surface area (Å²) in [6.45, 7) is 4.82. The van der Waals surface area contributed by atoms with Gasteiger partial charge in [-0.1, -0.05) is 44.5 Å². The Labute approximate surface area is 118 Å². The van der Waals surface area contributed by atoms with Gasteiger partial charge >= 0.3 is 12.0 Å². The average Bonchev–Trinajstić information content (AvgIpc) is 2.87. The topological polar surface area (TPSA) is 69.6 Å². The third-order valence-corrected chi connectivity index (χ3v) is 3.89. The van der Waals surface area contributed by atoms with Crippen LogP contribution in [-0.2, 0) is 17.9 Å². The number of fused-ring (bicyclic) bond motifs is 1. The maximum Gasteiger partial charge on any atom is 0.326 e. The molecule has 0 bridgehead atoms. The second kappa shape index (κ2) is 5.94. The highest BCUT2D eigenvalue weighted by atomic mass is 16.4. The summed E-state index contributed by atoms with van der Waals surface area (Å²) in [5, 5.41) is 11.8. The number of benzene rings is 1. The smallest absolute Gasteiger partial charge is 0.326 e. The van der Waals surface area contributed by atoms with Gasteiger partial charge in [-0.3, -0.25) is 0 Å². The van der Waals surface area contributed by atoms with Crippen molar-refractivity contribution in [1.82, 2.24) is 10.2 Å². The molecule has 0 fully saturated rings. The normalized spacial score (nSPS) is 16.4. The Morgan fingerprint density at radius 3 is 2.30 bits per heavy atom. The minimum atomic E-state index is -0.982. The largest absolute Gasteiger partial charge is 0.480 e. The van der Waals surface area contributed by atoms with Crippen LogP contribution in [0.5, 0.6) is 0 Å². The standard InChI is InChI=1S/C15H20N2O3/c1-3-10(2)13(14(18)19)16-15(20)17-8-11-6-4-5-7-12(11)9-17/h4-7,10,13H,3,8-9H2,1-2H3,(H,16,20)(H,18,19)/t10-,13-/m0/s1. The number of rotatable bonds is 4. The zero-order chi connectivity index (χ0) is 14.7. The molecule has 0 radical (unpaired) electrons. The van der Waals surface area contributed by atoms with Crippen molar-refractivity contribution < 1.29 is 14.7 Å². The lowest BCUT2D eigenvalue weighted by Gasteiger charge is -2.24. The summed E-state index contributed by atoms with van der Waals surface area (Å²) >= 11 is 0. The van der Waals surface area contributed by atoms with Crippen molar-refractivity contribution in [2.45, 2.75) is 39.4 Å². The van der Waals surface area contributed by atoms with Crippen LogP contribution >= 0.6 is 0 Å². The van der Waals surface area contributed by atoms with Crippen LogP contribution in [0.3, 0.4) is 0 Å². The van der Waals surface area contributed by atoms with Crippen LogP contribution in [-0.4, -0.2) is 28.0 Å². The van der Waals surface area contributed by atoms with Gasteiger partial charge in [0.25, 0.3) is 0 Å². The SMILES string of the molecule is CC[C@H](C)[C@H](NC(=O)N1Cc2ccccc2C1)C(=O)O. The summed E-state index contributed by atoms with van der Waals surface area (Å²) in [4.78, 5) is 25.1. The van der Waals surface area contributed by atoms with Crippen molar-refractivity contribution >= 4 is 12.0 Å². The van der Waals surface area contributed by atoms with Crippen molar-refractivity contribution in [1.29, 1.82) is 0 Å². The summed E-state index contributed by atoms with van der Waals surface area (Å²) < 4.78 is 0. The van der Waals surface area contributed by atoms with E-state index in [1.165, 1.54) is 0 Å². The lowest BCUT2D eigenvalue weighted by Crippen LogP contribution is -2.49. The number of urea groups is 1. The molecule has 2 amide bonds. The second-order valence-electron chi connectivity index (χ2n) is 5.28. The predicted molar refractivity (Wildman–Crippen MR) is 75.1 cm³/mol. The number of carboxylic acid groups (broad SMARTS) is 1. The molecule has 2 rings (SSSR count). The van der Waals surface area contributed by atoms with Gasteiger partial charge in [0.1, 0.15) is 6.04 Å². The van der Waals surface area contributed by atoms with E-state index in [-0.39, 0.29) is 11.9 Å². The van der Waals surface area contributed by atoms with E-state index in [2.05, 4.69) is 5.32 Å². The molecular weight excluding hydrogens is 256 g/mol. The fourth-order valence-corrected chi connectivity index (χ4v) is 2.38. The van der Waals surface area contributed by atoms with Crippen LogP contribution < -0.4 is 5.32 Å². The van der Waals surface area contributed by atoms with E-state index in [1.807, 2.05) is 38.1 Å². The molecule has 0 aliphatic carbocycles. The van der Waals surface area contributed by atoms with Crippen LogP contribution in [0.25, 0.3) is 0 Å².